The van der Waals surface area contributed by atoms with Crippen LogP contribution in [-0.4, -0.2) is 41.1 Å². The fourth-order valence-electron chi connectivity index (χ4n) is 1.89. The van der Waals surface area contributed by atoms with E-state index < -0.39 is 11.6 Å². The highest BCUT2D eigenvalue weighted by Crippen LogP contribution is 2.22. The Morgan fingerprint density at radius 2 is 2.24 bits per heavy atom. The van der Waals surface area contributed by atoms with Crippen LogP contribution in [0.25, 0.3) is 0 Å². The van der Waals surface area contributed by atoms with Crippen LogP contribution < -0.4 is 10.3 Å². The molecule has 0 N–H and O–H groups in total. The van der Waals surface area contributed by atoms with Gasteiger partial charge in [-0.25, -0.2) is 4.98 Å². The third-order valence-corrected chi connectivity index (χ3v) is 3.12. The Morgan fingerprint density at radius 3 is 2.76 bits per heavy atom. The zero-order valence-electron chi connectivity index (χ0n) is 9.51. The molecule has 17 heavy (non-hydrogen) atoms. The standard InChI is InChI=1S/C10H12ClN3O3/c1-13-4-3-6(9(13)15)14-5-12-8(11)7(17-2)10(14)16/h5-6H,3-4H2,1-2H3. The molecule has 0 aromatic carbocycles. The third kappa shape index (κ3) is 1.88. The predicted molar refractivity (Wildman–Crippen MR) is 61.4 cm³/mol. The molecule has 0 bridgehead atoms. The van der Waals surface area contributed by atoms with Gasteiger partial charge in [-0.1, -0.05) is 11.6 Å². The summed E-state index contributed by atoms with van der Waals surface area (Å²) in [5.74, 6) is -0.130. The Morgan fingerprint density at radius 1 is 1.53 bits per heavy atom. The number of likely N-dealkylation sites (N-methyl/N-ethyl adjacent to an activating group) is 1. The van der Waals surface area contributed by atoms with Crippen molar-refractivity contribution < 1.29 is 9.53 Å². The average molecular weight is 258 g/mol. The van der Waals surface area contributed by atoms with Crippen LogP contribution in [0, 0.1) is 0 Å². The van der Waals surface area contributed by atoms with Gasteiger partial charge in [0.05, 0.1) is 7.11 Å². The van der Waals surface area contributed by atoms with Gasteiger partial charge in [0.1, 0.15) is 12.4 Å². The van der Waals surface area contributed by atoms with Gasteiger partial charge in [0.25, 0.3) is 5.56 Å². The molecule has 0 spiro atoms. The molecule has 0 aliphatic carbocycles. The molecule has 1 unspecified atom stereocenters. The van der Waals surface area contributed by atoms with Crippen molar-refractivity contribution in [2.24, 2.45) is 0 Å². The summed E-state index contributed by atoms with van der Waals surface area (Å²) in [4.78, 5) is 29.2. The van der Waals surface area contributed by atoms with Gasteiger partial charge in [0.2, 0.25) is 11.7 Å². The zero-order chi connectivity index (χ0) is 12.6. The third-order valence-electron chi connectivity index (χ3n) is 2.85. The van der Waals surface area contributed by atoms with Crippen molar-refractivity contribution in [3.05, 3.63) is 21.8 Å². The SMILES string of the molecule is COc1c(Cl)ncn(C2CCN(C)C2=O)c1=O. The molecule has 2 rings (SSSR count). The molecule has 1 saturated heterocycles. The van der Waals surface area contributed by atoms with Gasteiger partial charge >= 0.3 is 0 Å². The molecule has 7 heteroatoms. The van der Waals surface area contributed by atoms with E-state index in [9.17, 15) is 9.59 Å². The number of hydrogen-bond donors (Lipinski definition) is 0. The second kappa shape index (κ2) is 4.37. The maximum Gasteiger partial charge on any atom is 0.298 e. The number of amides is 1. The molecule has 6 nitrogen and oxygen atoms in total. The number of aromatic nitrogens is 2. The van der Waals surface area contributed by atoms with Gasteiger partial charge in [0, 0.05) is 13.6 Å². The zero-order valence-corrected chi connectivity index (χ0v) is 10.3. The molecule has 0 radical (unpaired) electrons. The summed E-state index contributed by atoms with van der Waals surface area (Å²) in [7, 11) is 3.05. The highest BCUT2D eigenvalue weighted by molar-refractivity contribution is 6.30. The van der Waals surface area contributed by atoms with Crippen molar-refractivity contribution >= 4 is 17.5 Å². The van der Waals surface area contributed by atoms with E-state index in [0.29, 0.717) is 13.0 Å². The van der Waals surface area contributed by atoms with Gasteiger partial charge in [-0.2, -0.15) is 0 Å². The second-order valence-corrected chi connectivity index (χ2v) is 4.20. The Hall–Kier alpha value is -1.56. The number of carbonyl (C=O) groups excluding carboxylic acids is 1. The average Bonchev–Trinajstić information content (AvgIpc) is 2.61. The minimum absolute atomic E-state index is 0.00699. The fourth-order valence-corrected chi connectivity index (χ4v) is 2.09. The number of nitrogens with zero attached hydrogens (tertiary/aromatic N) is 3. The lowest BCUT2D eigenvalue weighted by atomic mass is 10.2. The number of rotatable bonds is 2. The van der Waals surface area contributed by atoms with E-state index in [1.54, 1.807) is 11.9 Å². The molecular formula is C10H12ClN3O3. The summed E-state index contributed by atoms with van der Waals surface area (Å²) in [5.41, 5.74) is -0.429. The first-order valence-corrected chi connectivity index (χ1v) is 5.49. The van der Waals surface area contributed by atoms with Crippen LogP contribution in [0.2, 0.25) is 5.15 Å². The van der Waals surface area contributed by atoms with Crippen molar-refractivity contribution in [3.8, 4) is 5.75 Å². The highest BCUT2D eigenvalue weighted by Gasteiger charge is 2.32. The molecule has 92 valence electrons. The van der Waals surface area contributed by atoms with Crippen LogP contribution in [0.1, 0.15) is 12.5 Å². The molecule has 1 aromatic heterocycles. The van der Waals surface area contributed by atoms with Gasteiger partial charge in [-0.15, -0.1) is 0 Å². The smallest absolute Gasteiger partial charge is 0.298 e. The maximum absolute atomic E-state index is 12.0. The Kier molecular flexibility index (Phi) is 3.06. The van der Waals surface area contributed by atoms with Crippen LogP contribution in [-0.2, 0) is 4.79 Å². The molecule has 0 saturated carbocycles. The fraction of sp³-hybridized carbons (Fsp3) is 0.500. The van der Waals surface area contributed by atoms with E-state index in [2.05, 4.69) is 4.98 Å². The van der Waals surface area contributed by atoms with Crippen LogP contribution in [0.4, 0.5) is 0 Å². The number of carbonyl (C=O) groups is 1. The molecule has 2 heterocycles. The molecule has 1 amide bonds. The second-order valence-electron chi connectivity index (χ2n) is 3.85. The van der Waals surface area contributed by atoms with E-state index in [0.717, 1.165) is 0 Å². The van der Waals surface area contributed by atoms with E-state index in [-0.39, 0.29) is 16.8 Å². The Bertz CT molecular complexity index is 514. The van der Waals surface area contributed by atoms with Gasteiger partial charge in [-0.05, 0) is 6.42 Å². The summed E-state index contributed by atoms with van der Waals surface area (Å²) in [6, 6.07) is -0.508. The van der Waals surface area contributed by atoms with Gasteiger partial charge in [0.15, 0.2) is 5.15 Å². The van der Waals surface area contributed by atoms with E-state index >= 15 is 0 Å². The topological polar surface area (TPSA) is 64.4 Å². The van der Waals surface area contributed by atoms with Gasteiger partial charge < -0.3 is 9.64 Å². The quantitative estimate of drug-likeness (QED) is 0.716. The minimum atomic E-state index is -0.508. The van der Waals surface area contributed by atoms with Crippen molar-refractivity contribution in [2.75, 3.05) is 20.7 Å². The Labute approximate surface area is 103 Å². The molecule has 1 fully saturated rings. The number of methoxy groups -OCH3 is 1. The molecule has 1 aliphatic rings. The van der Waals surface area contributed by atoms with Crippen molar-refractivity contribution in [1.82, 2.24) is 14.5 Å². The lowest BCUT2D eigenvalue weighted by molar-refractivity contribution is -0.129. The molecule has 1 atom stereocenters. The number of ether oxygens (including phenoxy) is 1. The van der Waals surface area contributed by atoms with Crippen molar-refractivity contribution in [1.29, 1.82) is 0 Å². The Balaban J connectivity index is 2.47. The minimum Gasteiger partial charge on any atom is -0.489 e. The van der Waals surface area contributed by atoms with Crippen LogP contribution >= 0.6 is 11.6 Å². The largest absolute Gasteiger partial charge is 0.489 e. The van der Waals surface area contributed by atoms with E-state index in [4.69, 9.17) is 16.3 Å². The van der Waals surface area contributed by atoms with E-state index in [1.165, 1.54) is 18.0 Å². The van der Waals surface area contributed by atoms with Crippen LogP contribution in [0.3, 0.4) is 0 Å². The lowest BCUT2D eigenvalue weighted by Crippen LogP contribution is -2.31. The summed E-state index contributed by atoms with van der Waals surface area (Å²) in [6.45, 7) is 0.626. The van der Waals surface area contributed by atoms with Crippen molar-refractivity contribution in [2.45, 2.75) is 12.5 Å². The van der Waals surface area contributed by atoms with Crippen molar-refractivity contribution in [3.63, 3.8) is 0 Å². The van der Waals surface area contributed by atoms with Crippen LogP contribution in [0.5, 0.6) is 5.75 Å². The predicted octanol–water partition coefficient (Wildman–Crippen LogP) is 0.308. The summed E-state index contributed by atoms with van der Waals surface area (Å²) in [6.07, 6.45) is 1.87. The first-order valence-electron chi connectivity index (χ1n) is 5.12. The first kappa shape index (κ1) is 11.9. The molecular weight excluding hydrogens is 246 g/mol. The molecule has 1 aliphatic heterocycles. The number of likely N-dealkylation sites (tertiary alicyclic amines) is 1. The lowest BCUT2D eigenvalue weighted by Gasteiger charge is -2.13. The monoisotopic (exact) mass is 257 g/mol. The van der Waals surface area contributed by atoms with E-state index in [1.807, 2.05) is 0 Å². The summed E-state index contributed by atoms with van der Waals surface area (Å²) < 4.78 is 6.16. The van der Waals surface area contributed by atoms with Crippen LogP contribution in [0.15, 0.2) is 11.1 Å². The summed E-state index contributed by atoms with van der Waals surface area (Å²) in [5, 5.41) is 0.00699. The molecule has 1 aromatic rings. The van der Waals surface area contributed by atoms with Gasteiger partial charge in [-0.3, -0.25) is 14.2 Å². The highest BCUT2D eigenvalue weighted by atomic mass is 35.5. The first-order chi connectivity index (χ1) is 8.06. The number of hydrogen-bond acceptors (Lipinski definition) is 4. The normalized spacial score (nSPS) is 19.8. The summed E-state index contributed by atoms with van der Waals surface area (Å²) >= 11 is 5.73. The number of halogens is 1. The maximum atomic E-state index is 12.0.